The fourth-order valence-electron chi connectivity index (χ4n) is 1.81. The Balaban J connectivity index is 2.10. The second-order valence-electron chi connectivity index (χ2n) is 4.79. The highest BCUT2D eigenvalue weighted by Crippen LogP contribution is 2.24. The van der Waals surface area contributed by atoms with Crippen LogP contribution in [0.2, 0.25) is 0 Å². The first kappa shape index (κ1) is 16.3. The van der Waals surface area contributed by atoms with Crippen LogP contribution in [0.5, 0.6) is 5.75 Å². The molecule has 0 bridgehead atoms. The Bertz CT molecular complexity index is 762. The molecule has 2 rings (SSSR count). The van der Waals surface area contributed by atoms with Gasteiger partial charge in [0.05, 0.1) is 11.9 Å². The van der Waals surface area contributed by atoms with Crippen molar-refractivity contribution in [3.63, 3.8) is 0 Å². The van der Waals surface area contributed by atoms with E-state index in [1.807, 2.05) is 14.0 Å². The fraction of sp³-hybridized carbons (Fsp3) is 0.214. The number of nitrogens with zero attached hydrogens (tertiary/aromatic N) is 4. The lowest BCUT2D eigenvalue weighted by Crippen LogP contribution is -2.26. The van der Waals surface area contributed by atoms with Crippen LogP contribution in [0, 0.1) is 12.7 Å². The lowest BCUT2D eigenvalue weighted by molar-refractivity contribution is 0.289. The summed E-state index contributed by atoms with van der Waals surface area (Å²) < 4.78 is 21.2. The summed E-state index contributed by atoms with van der Waals surface area (Å²) in [5, 5.41) is 4.10. The lowest BCUT2D eigenvalue weighted by atomic mass is 10.2. The van der Waals surface area contributed by atoms with Crippen LogP contribution in [-0.2, 0) is 13.7 Å². The van der Waals surface area contributed by atoms with Crippen molar-refractivity contribution in [1.29, 1.82) is 0 Å². The zero-order chi connectivity index (χ0) is 17.0. The van der Waals surface area contributed by atoms with Crippen LogP contribution >= 0.6 is 0 Å². The number of nitrogens with two attached hydrogens (primary N) is 3. The molecule has 0 unspecified atom stereocenters. The molecule has 2 aromatic rings. The fourth-order valence-corrected chi connectivity index (χ4v) is 1.81. The highest BCUT2D eigenvalue weighted by molar-refractivity contribution is 5.93. The number of aromatic nitrogens is 2. The van der Waals surface area contributed by atoms with E-state index in [0.29, 0.717) is 0 Å². The van der Waals surface area contributed by atoms with Gasteiger partial charge in [0.15, 0.2) is 17.5 Å². The van der Waals surface area contributed by atoms with E-state index in [2.05, 4.69) is 15.1 Å². The first-order valence-corrected chi connectivity index (χ1v) is 6.70. The molecule has 23 heavy (non-hydrogen) atoms. The standard InChI is InChI=1S/C14H18FN7O/c1-8-9(6-19-22(8)2)7-23-12-4-3-10(5-11(12)15)20-14(18)21-13(16)17/h3-6H,7H2,1-2H3,(H6,16,17,18,20,21). The summed E-state index contributed by atoms with van der Waals surface area (Å²) in [6, 6.07) is 4.19. The van der Waals surface area contributed by atoms with Crippen LogP contribution in [-0.4, -0.2) is 21.7 Å². The molecule has 0 atom stereocenters. The predicted molar refractivity (Wildman–Crippen MR) is 85.8 cm³/mol. The number of benzene rings is 1. The number of rotatable bonds is 4. The summed E-state index contributed by atoms with van der Waals surface area (Å²) in [5.41, 5.74) is 17.9. The molecule has 1 heterocycles. The molecule has 0 aliphatic rings. The van der Waals surface area contributed by atoms with E-state index in [1.54, 1.807) is 16.9 Å². The molecule has 0 saturated carbocycles. The van der Waals surface area contributed by atoms with Gasteiger partial charge in [-0.05, 0) is 19.1 Å². The Morgan fingerprint density at radius 3 is 2.65 bits per heavy atom. The van der Waals surface area contributed by atoms with Crippen LogP contribution in [0.3, 0.4) is 0 Å². The van der Waals surface area contributed by atoms with Crippen molar-refractivity contribution in [3.05, 3.63) is 41.5 Å². The highest BCUT2D eigenvalue weighted by Gasteiger charge is 2.08. The summed E-state index contributed by atoms with van der Waals surface area (Å²) in [7, 11) is 1.83. The molecule has 122 valence electrons. The van der Waals surface area contributed by atoms with Gasteiger partial charge in [0.1, 0.15) is 6.61 Å². The summed E-state index contributed by atoms with van der Waals surface area (Å²) in [6.07, 6.45) is 1.68. The van der Waals surface area contributed by atoms with E-state index in [4.69, 9.17) is 21.9 Å². The lowest BCUT2D eigenvalue weighted by Gasteiger charge is -2.07. The second-order valence-corrected chi connectivity index (χ2v) is 4.79. The maximum atomic E-state index is 14.0. The summed E-state index contributed by atoms with van der Waals surface area (Å²) in [6.45, 7) is 2.13. The highest BCUT2D eigenvalue weighted by atomic mass is 19.1. The Kier molecular flexibility index (Phi) is 4.79. The molecular formula is C14H18FN7O. The average Bonchev–Trinajstić information content (AvgIpc) is 2.77. The minimum atomic E-state index is -0.565. The van der Waals surface area contributed by atoms with Crippen molar-refractivity contribution < 1.29 is 9.13 Å². The van der Waals surface area contributed by atoms with E-state index >= 15 is 0 Å². The van der Waals surface area contributed by atoms with Gasteiger partial charge in [-0.15, -0.1) is 0 Å². The Labute approximate surface area is 132 Å². The molecule has 0 spiro atoms. The molecule has 0 aliphatic heterocycles. The van der Waals surface area contributed by atoms with Crippen LogP contribution in [0.4, 0.5) is 10.1 Å². The van der Waals surface area contributed by atoms with Crippen LogP contribution in [0.15, 0.2) is 34.4 Å². The van der Waals surface area contributed by atoms with E-state index in [1.165, 1.54) is 12.1 Å². The Morgan fingerprint density at radius 1 is 1.35 bits per heavy atom. The maximum absolute atomic E-state index is 14.0. The Hall–Kier alpha value is -3.10. The molecule has 0 aliphatic carbocycles. The molecule has 0 fully saturated rings. The minimum Gasteiger partial charge on any atom is -0.486 e. The molecule has 6 N–H and O–H groups in total. The van der Waals surface area contributed by atoms with Crippen LogP contribution in [0.25, 0.3) is 0 Å². The van der Waals surface area contributed by atoms with Gasteiger partial charge in [0.2, 0.25) is 5.96 Å². The SMILES string of the molecule is Cc1c(COc2ccc(N=C(N)N=C(N)N)cc2F)cnn1C. The van der Waals surface area contributed by atoms with Crippen molar-refractivity contribution in [2.24, 2.45) is 34.2 Å². The quantitative estimate of drug-likeness (QED) is 0.563. The molecule has 1 aromatic heterocycles. The molecule has 0 saturated heterocycles. The third-order valence-corrected chi connectivity index (χ3v) is 3.12. The molecule has 1 aromatic carbocycles. The van der Waals surface area contributed by atoms with E-state index < -0.39 is 5.82 Å². The van der Waals surface area contributed by atoms with Crippen LogP contribution in [0.1, 0.15) is 11.3 Å². The number of aryl methyl sites for hydroxylation is 1. The van der Waals surface area contributed by atoms with Gasteiger partial charge in [-0.1, -0.05) is 0 Å². The summed E-state index contributed by atoms with van der Waals surface area (Å²) in [5.74, 6) is -0.847. The first-order chi connectivity index (χ1) is 10.9. The van der Waals surface area contributed by atoms with Crippen molar-refractivity contribution in [3.8, 4) is 5.75 Å². The van der Waals surface area contributed by atoms with Gasteiger partial charge in [0, 0.05) is 24.4 Å². The second kappa shape index (κ2) is 6.77. The molecule has 9 heteroatoms. The van der Waals surface area contributed by atoms with Gasteiger partial charge in [-0.25, -0.2) is 9.38 Å². The largest absolute Gasteiger partial charge is 0.486 e. The topological polar surface area (TPSA) is 130 Å². The van der Waals surface area contributed by atoms with Crippen molar-refractivity contribution in [2.45, 2.75) is 13.5 Å². The van der Waals surface area contributed by atoms with Gasteiger partial charge >= 0.3 is 0 Å². The molecule has 8 nitrogen and oxygen atoms in total. The minimum absolute atomic E-state index is 0.104. The Morgan fingerprint density at radius 2 is 2.09 bits per heavy atom. The number of hydrogen-bond donors (Lipinski definition) is 3. The summed E-state index contributed by atoms with van der Waals surface area (Å²) >= 11 is 0. The predicted octanol–water partition coefficient (Wildman–Crippen LogP) is 0.666. The smallest absolute Gasteiger partial charge is 0.223 e. The molecule has 0 amide bonds. The maximum Gasteiger partial charge on any atom is 0.223 e. The zero-order valence-corrected chi connectivity index (χ0v) is 12.8. The van der Waals surface area contributed by atoms with Crippen molar-refractivity contribution in [1.82, 2.24) is 9.78 Å². The zero-order valence-electron chi connectivity index (χ0n) is 12.8. The summed E-state index contributed by atoms with van der Waals surface area (Å²) in [4.78, 5) is 7.42. The monoisotopic (exact) mass is 319 g/mol. The number of ether oxygens (including phenoxy) is 1. The molecule has 0 radical (unpaired) electrons. The van der Waals surface area contributed by atoms with Gasteiger partial charge in [0.25, 0.3) is 0 Å². The van der Waals surface area contributed by atoms with Gasteiger partial charge < -0.3 is 21.9 Å². The van der Waals surface area contributed by atoms with E-state index in [0.717, 1.165) is 11.3 Å². The molecular weight excluding hydrogens is 301 g/mol. The average molecular weight is 319 g/mol. The first-order valence-electron chi connectivity index (χ1n) is 6.70. The third kappa shape index (κ3) is 4.19. The van der Waals surface area contributed by atoms with E-state index in [9.17, 15) is 4.39 Å². The van der Waals surface area contributed by atoms with Gasteiger partial charge in [-0.2, -0.15) is 10.1 Å². The number of aliphatic imine (C=N–C) groups is 2. The van der Waals surface area contributed by atoms with Gasteiger partial charge in [-0.3, -0.25) is 4.68 Å². The van der Waals surface area contributed by atoms with E-state index in [-0.39, 0.29) is 30.0 Å². The number of hydrogen-bond acceptors (Lipinski definition) is 3. The van der Waals surface area contributed by atoms with Crippen LogP contribution < -0.4 is 21.9 Å². The van der Waals surface area contributed by atoms with Crippen molar-refractivity contribution >= 4 is 17.6 Å². The normalized spacial score (nSPS) is 11.3. The number of halogens is 1. The third-order valence-electron chi connectivity index (χ3n) is 3.12. The van der Waals surface area contributed by atoms with Crippen molar-refractivity contribution in [2.75, 3.05) is 0 Å². The number of guanidine groups is 2.